The first-order chi connectivity index (χ1) is 11.4. The molecule has 24 heavy (non-hydrogen) atoms. The first kappa shape index (κ1) is 16.4. The van der Waals surface area contributed by atoms with Gasteiger partial charge >= 0.3 is 0 Å². The summed E-state index contributed by atoms with van der Waals surface area (Å²) < 4.78 is 1.32. The van der Waals surface area contributed by atoms with Crippen LogP contribution in [0.2, 0.25) is 10.0 Å². The van der Waals surface area contributed by atoms with E-state index in [0.717, 1.165) is 0 Å². The molecule has 0 spiro atoms. The average Bonchev–Trinajstić information content (AvgIpc) is 2.56. The van der Waals surface area contributed by atoms with E-state index in [4.69, 9.17) is 23.2 Å². The zero-order valence-electron chi connectivity index (χ0n) is 12.5. The van der Waals surface area contributed by atoms with Gasteiger partial charge in [0.25, 0.3) is 11.5 Å². The summed E-state index contributed by atoms with van der Waals surface area (Å²) in [5, 5.41) is 14.0. The van der Waals surface area contributed by atoms with Crippen molar-refractivity contribution in [1.82, 2.24) is 4.57 Å². The lowest BCUT2D eigenvalue weighted by molar-refractivity contribution is 0.102. The van der Waals surface area contributed by atoms with E-state index < -0.39 is 11.5 Å². The van der Waals surface area contributed by atoms with Crippen molar-refractivity contribution in [2.24, 2.45) is 7.05 Å². The molecule has 0 aliphatic carbocycles. The highest BCUT2D eigenvalue weighted by Crippen LogP contribution is 2.28. The van der Waals surface area contributed by atoms with Crippen molar-refractivity contribution in [3.63, 3.8) is 0 Å². The molecule has 2 aromatic carbocycles. The van der Waals surface area contributed by atoms with Crippen molar-refractivity contribution >= 4 is 45.7 Å². The summed E-state index contributed by atoms with van der Waals surface area (Å²) in [6.07, 6.45) is 0. The molecule has 1 amide bonds. The molecular weight excluding hydrogens is 351 g/mol. The maximum Gasteiger partial charge on any atom is 0.267 e. The molecule has 0 fully saturated rings. The van der Waals surface area contributed by atoms with E-state index in [1.807, 2.05) is 0 Å². The molecule has 0 bridgehead atoms. The van der Waals surface area contributed by atoms with Crippen LogP contribution in [0, 0.1) is 0 Å². The molecule has 122 valence electrons. The van der Waals surface area contributed by atoms with Gasteiger partial charge in [-0.3, -0.25) is 9.59 Å². The molecule has 5 nitrogen and oxygen atoms in total. The summed E-state index contributed by atoms with van der Waals surface area (Å²) in [6, 6.07) is 11.3. The van der Waals surface area contributed by atoms with Crippen molar-refractivity contribution in [2.75, 3.05) is 5.32 Å². The molecular formula is C17H12Cl2N2O3. The molecule has 0 saturated carbocycles. The molecule has 0 aliphatic rings. The van der Waals surface area contributed by atoms with Crippen LogP contribution in [0.25, 0.3) is 10.9 Å². The fourth-order valence-electron chi connectivity index (χ4n) is 2.45. The lowest BCUT2D eigenvalue weighted by atomic mass is 10.1. The minimum Gasteiger partial charge on any atom is -0.506 e. The van der Waals surface area contributed by atoms with Crippen LogP contribution in [0.1, 0.15) is 10.4 Å². The number of para-hydroxylation sites is 1. The number of pyridine rings is 1. The molecule has 3 rings (SSSR count). The van der Waals surface area contributed by atoms with Gasteiger partial charge in [0.05, 0.1) is 15.6 Å². The SMILES string of the molecule is Cn1c(=O)c(C(=O)Nc2ccc(Cl)c(Cl)c2)c(O)c2ccccc21. The fourth-order valence-corrected chi connectivity index (χ4v) is 2.75. The van der Waals surface area contributed by atoms with E-state index >= 15 is 0 Å². The van der Waals surface area contributed by atoms with E-state index in [1.54, 1.807) is 37.4 Å². The number of anilines is 1. The highest BCUT2D eigenvalue weighted by Gasteiger charge is 2.21. The molecule has 7 heteroatoms. The molecule has 0 saturated heterocycles. The lowest BCUT2D eigenvalue weighted by Gasteiger charge is -2.12. The Morgan fingerprint density at radius 2 is 1.83 bits per heavy atom. The number of nitrogens with zero attached hydrogens (tertiary/aromatic N) is 1. The minimum atomic E-state index is -0.725. The van der Waals surface area contributed by atoms with Crippen molar-refractivity contribution in [1.29, 1.82) is 0 Å². The number of carbonyl (C=O) groups is 1. The molecule has 1 heterocycles. The zero-order chi connectivity index (χ0) is 17.4. The van der Waals surface area contributed by atoms with Crippen molar-refractivity contribution in [3.05, 3.63) is 68.4 Å². The molecule has 2 N–H and O–H groups in total. The second kappa shape index (κ2) is 6.19. The summed E-state index contributed by atoms with van der Waals surface area (Å²) in [6.45, 7) is 0. The number of rotatable bonds is 2. The predicted octanol–water partition coefficient (Wildman–Crippen LogP) is 3.80. The summed E-state index contributed by atoms with van der Waals surface area (Å²) in [5.74, 6) is -1.08. The van der Waals surface area contributed by atoms with Crippen molar-refractivity contribution in [2.45, 2.75) is 0 Å². The van der Waals surface area contributed by atoms with Gasteiger partial charge in [-0.2, -0.15) is 0 Å². The van der Waals surface area contributed by atoms with Gasteiger partial charge in [0.1, 0.15) is 11.3 Å². The number of nitrogens with one attached hydrogen (secondary N) is 1. The van der Waals surface area contributed by atoms with Crippen LogP contribution in [0.4, 0.5) is 5.69 Å². The lowest BCUT2D eigenvalue weighted by Crippen LogP contribution is -2.28. The number of fused-ring (bicyclic) bond motifs is 1. The Kier molecular flexibility index (Phi) is 4.22. The van der Waals surface area contributed by atoms with Crippen LogP contribution >= 0.6 is 23.2 Å². The van der Waals surface area contributed by atoms with Gasteiger partial charge in [0.2, 0.25) is 0 Å². The van der Waals surface area contributed by atoms with E-state index in [1.165, 1.54) is 16.7 Å². The number of carbonyl (C=O) groups excluding carboxylic acids is 1. The second-order valence-corrected chi connectivity index (χ2v) is 6.00. The van der Waals surface area contributed by atoms with E-state index in [2.05, 4.69) is 5.32 Å². The smallest absolute Gasteiger partial charge is 0.267 e. The Morgan fingerprint density at radius 1 is 1.12 bits per heavy atom. The van der Waals surface area contributed by atoms with Crippen LogP contribution in [0.3, 0.4) is 0 Å². The zero-order valence-corrected chi connectivity index (χ0v) is 14.0. The topological polar surface area (TPSA) is 71.3 Å². The van der Waals surface area contributed by atoms with E-state index in [0.29, 0.717) is 21.6 Å². The monoisotopic (exact) mass is 362 g/mol. The van der Waals surface area contributed by atoms with Gasteiger partial charge in [0.15, 0.2) is 0 Å². The van der Waals surface area contributed by atoms with Gasteiger partial charge in [-0.15, -0.1) is 0 Å². The molecule has 0 radical (unpaired) electrons. The minimum absolute atomic E-state index is 0.269. The predicted molar refractivity (Wildman–Crippen MR) is 95.3 cm³/mol. The summed E-state index contributed by atoms with van der Waals surface area (Å²) in [4.78, 5) is 24.9. The molecule has 0 aliphatic heterocycles. The Labute approximate surface area is 147 Å². The van der Waals surface area contributed by atoms with Gasteiger partial charge in [-0.25, -0.2) is 0 Å². The highest BCUT2D eigenvalue weighted by molar-refractivity contribution is 6.42. The largest absolute Gasteiger partial charge is 0.506 e. The third-order valence-corrected chi connectivity index (χ3v) is 4.42. The maximum atomic E-state index is 12.5. The average molecular weight is 363 g/mol. The summed E-state index contributed by atoms with van der Waals surface area (Å²) in [5.41, 5.74) is -0.0267. The first-order valence-electron chi connectivity index (χ1n) is 6.97. The quantitative estimate of drug-likeness (QED) is 0.728. The van der Waals surface area contributed by atoms with Crippen LogP contribution in [-0.2, 0) is 7.05 Å². The number of amides is 1. The standard InChI is InChI=1S/C17H12Cl2N2O3/c1-21-13-5-3-2-4-10(13)15(22)14(17(21)24)16(23)20-9-6-7-11(18)12(19)8-9/h2-8,22H,1H3,(H,20,23). The number of aromatic hydroxyl groups is 1. The number of aromatic nitrogens is 1. The molecule has 1 aromatic heterocycles. The number of hydrogen-bond donors (Lipinski definition) is 2. The maximum absolute atomic E-state index is 12.5. The second-order valence-electron chi connectivity index (χ2n) is 5.19. The van der Waals surface area contributed by atoms with E-state index in [-0.39, 0.29) is 16.3 Å². The third kappa shape index (κ3) is 2.72. The summed E-state index contributed by atoms with van der Waals surface area (Å²) in [7, 11) is 1.54. The van der Waals surface area contributed by atoms with Crippen LogP contribution in [0.15, 0.2) is 47.3 Å². The van der Waals surface area contributed by atoms with Crippen LogP contribution in [-0.4, -0.2) is 15.6 Å². The number of hydrogen-bond acceptors (Lipinski definition) is 3. The number of benzene rings is 2. The molecule has 3 aromatic rings. The molecule has 0 atom stereocenters. The number of halogens is 2. The molecule has 0 unspecified atom stereocenters. The van der Waals surface area contributed by atoms with Gasteiger partial charge in [-0.1, -0.05) is 35.3 Å². The third-order valence-electron chi connectivity index (χ3n) is 3.68. The van der Waals surface area contributed by atoms with Gasteiger partial charge < -0.3 is 15.0 Å². The van der Waals surface area contributed by atoms with E-state index in [9.17, 15) is 14.7 Å². The Balaban J connectivity index is 2.10. The van der Waals surface area contributed by atoms with Crippen LogP contribution in [0.5, 0.6) is 5.75 Å². The normalized spacial score (nSPS) is 10.8. The Hall–Kier alpha value is -2.50. The van der Waals surface area contributed by atoms with Gasteiger partial charge in [0, 0.05) is 18.1 Å². The first-order valence-corrected chi connectivity index (χ1v) is 7.73. The highest BCUT2D eigenvalue weighted by atomic mass is 35.5. The van der Waals surface area contributed by atoms with Gasteiger partial charge in [-0.05, 0) is 30.3 Å². The Bertz CT molecular complexity index is 1030. The Morgan fingerprint density at radius 3 is 2.54 bits per heavy atom. The van der Waals surface area contributed by atoms with Crippen LogP contribution < -0.4 is 10.9 Å². The van der Waals surface area contributed by atoms with Crippen molar-refractivity contribution < 1.29 is 9.90 Å². The number of aryl methyl sites for hydroxylation is 1. The van der Waals surface area contributed by atoms with Crippen molar-refractivity contribution in [3.8, 4) is 5.75 Å². The fraction of sp³-hybridized carbons (Fsp3) is 0.0588. The summed E-state index contributed by atoms with van der Waals surface area (Å²) >= 11 is 11.7.